The molecule has 0 unspecified atom stereocenters. The maximum absolute atomic E-state index is 13.6. The van der Waals surface area contributed by atoms with E-state index in [4.69, 9.17) is 23.2 Å². The van der Waals surface area contributed by atoms with E-state index in [1.807, 2.05) is 30.3 Å². The molecular weight excluding hydrogens is 564 g/mol. The van der Waals surface area contributed by atoms with Crippen molar-refractivity contribution in [2.45, 2.75) is 18.8 Å². The first-order valence-electron chi connectivity index (χ1n) is 12.8. The van der Waals surface area contributed by atoms with Crippen molar-refractivity contribution in [1.82, 2.24) is 30.2 Å². The Bertz CT molecular complexity index is 1790. The number of tetrazole rings is 1. The van der Waals surface area contributed by atoms with Gasteiger partial charge < -0.3 is 10.2 Å². The van der Waals surface area contributed by atoms with Gasteiger partial charge in [-0.05, 0) is 82.9 Å². The Morgan fingerprint density at radius 3 is 2.41 bits per heavy atom. The van der Waals surface area contributed by atoms with Crippen molar-refractivity contribution >= 4 is 23.2 Å². The number of nitrogens with zero attached hydrogens (tertiary/aromatic N) is 6. The highest BCUT2D eigenvalue weighted by Gasteiger charge is 2.26. The first-order chi connectivity index (χ1) is 19.9. The van der Waals surface area contributed by atoms with E-state index in [0.29, 0.717) is 51.2 Å². The van der Waals surface area contributed by atoms with Crippen molar-refractivity contribution in [3.05, 3.63) is 136 Å². The van der Waals surface area contributed by atoms with E-state index in [1.54, 1.807) is 42.6 Å². The number of imidazole rings is 1. The van der Waals surface area contributed by atoms with Gasteiger partial charge in [0.25, 0.3) is 0 Å². The summed E-state index contributed by atoms with van der Waals surface area (Å²) in [6, 6.07) is 22.8. The lowest BCUT2D eigenvalue weighted by Gasteiger charge is -2.16. The maximum Gasteiger partial charge on any atom is 0.203 e. The van der Waals surface area contributed by atoms with Crippen molar-refractivity contribution in [3.63, 3.8) is 0 Å². The molecule has 204 valence electrons. The number of rotatable bonds is 8. The molecule has 6 rings (SSSR count). The summed E-state index contributed by atoms with van der Waals surface area (Å²) in [5.74, 6) is -0.0171. The van der Waals surface area contributed by atoms with Gasteiger partial charge in [-0.2, -0.15) is 9.41 Å². The van der Waals surface area contributed by atoms with Gasteiger partial charge in [0.1, 0.15) is 23.9 Å². The normalized spacial score (nSPS) is 12.0. The van der Waals surface area contributed by atoms with Crippen LogP contribution in [0.3, 0.4) is 0 Å². The summed E-state index contributed by atoms with van der Waals surface area (Å²) >= 11 is 12.4. The summed E-state index contributed by atoms with van der Waals surface area (Å²) in [5.41, 5.74) is 5.23. The van der Waals surface area contributed by atoms with Crippen LogP contribution in [0.25, 0.3) is 28.1 Å². The van der Waals surface area contributed by atoms with E-state index >= 15 is 0 Å². The van der Waals surface area contributed by atoms with Crippen molar-refractivity contribution in [1.29, 1.82) is 0 Å². The lowest BCUT2D eigenvalue weighted by Crippen LogP contribution is -2.34. The Morgan fingerprint density at radius 2 is 1.68 bits per heavy atom. The second kappa shape index (κ2) is 11.5. The molecule has 0 aliphatic rings. The van der Waals surface area contributed by atoms with Crippen molar-refractivity contribution in [3.8, 4) is 28.1 Å². The molecule has 0 saturated heterocycles. The van der Waals surface area contributed by atoms with Crippen LogP contribution < -0.4 is 4.73 Å². The summed E-state index contributed by atoms with van der Waals surface area (Å²) in [5, 5.41) is 26.2. The molecule has 1 N–H and O–H groups in total. The standard InChI is InChI=1S/C30H22Cl2FN7O/c31-22-7-4-20(5-8-22)27-16-34-30(36-27)25(12-3-19-1-10-24(33)11-2-19)29-13-6-21(17-40(29)41)26-15-23(32)9-14-28(26)39-18-35-37-38-39/h1-2,4-11,13-18,25H,3,12H2,(H,34,36)/t25-/m1/s1. The highest BCUT2D eigenvalue weighted by molar-refractivity contribution is 6.31. The molecule has 6 aromatic rings. The molecular formula is C30H22Cl2FN7O. The summed E-state index contributed by atoms with van der Waals surface area (Å²) in [6.07, 6.45) is 5.92. The number of H-pyrrole nitrogens is 1. The Labute approximate surface area is 244 Å². The molecule has 0 amide bonds. The summed E-state index contributed by atoms with van der Waals surface area (Å²) in [7, 11) is 0. The average Bonchev–Trinajstić information content (AvgIpc) is 3.69. The number of benzene rings is 3. The third-order valence-electron chi connectivity index (χ3n) is 6.88. The van der Waals surface area contributed by atoms with Crippen LogP contribution in [-0.2, 0) is 6.42 Å². The molecule has 11 heteroatoms. The number of aromatic amines is 1. The van der Waals surface area contributed by atoms with Crippen LogP contribution in [0.4, 0.5) is 4.39 Å². The molecule has 0 saturated carbocycles. The molecule has 0 aliphatic carbocycles. The van der Waals surface area contributed by atoms with E-state index in [2.05, 4.69) is 25.5 Å². The fourth-order valence-electron chi connectivity index (χ4n) is 4.81. The number of aromatic nitrogens is 7. The van der Waals surface area contributed by atoms with Crippen LogP contribution in [0.15, 0.2) is 97.6 Å². The molecule has 0 bridgehead atoms. The van der Waals surface area contributed by atoms with Gasteiger partial charge in [-0.1, -0.05) is 47.5 Å². The molecule has 41 heavy (non-hydrogen) atoms. The monoisotopic (exact) mass is 585 g/mol. The fraction of sp³-hybridized carbons (Fsp3) is 0.100. The quantitative estimate of drug-likeness (QED) is 0.161. The van der Waals surface area contributed by atoms with Gasteiger partial charge in [0.15, 0.2) is 6.20 Å². The van der Waals surface area contributed by atoms with E-state index in [0.717, 1.165) is 21.6 Å². The van der Waals surface area contributed by atoms with Gasteiger partial charge in [-0.15, -0.1) is 5.10 Å². The van der Waals surface area contributed by atoms with Gasteiger partial charge >= 0.3 is 0 Å². The molecule has 3 heterocycles. The molecule has 3 aromatic heterocycles. The number of hydrogen-bond acceptors (Lipinski definition) is 5. The Hall–Kier alpha value is -4.60. The zero-order chi connectivity index (χ0) is 28.3. The number of pyridine rings is 1. The van der Waals surface area contributed by atoms with Crippen molar-refractivity contribution in [2.24, 2.45) is 0 Å². The lowest BCUT2D eigenvalue weighted by atomic mass is 9.94. The molecule has 1 atom stereocenters. The minimum Gasteiger partial charge on any atom is -0.618 e. The highest BCUT2D eigenvalue weighted by Crippen LogP contribution is 2.32. The number of hydrogen-bond donors (Lipinski definition) is 1. The van der Waals surface area contributed by atoms with E-state index in [9.17, 15) is 9.60 Å². The smallest absolute Gasteiger partial charge is 0.203 e. The maximum atomic E-state index is 13.6. The first-order valence-corrected chi connectivity index (χ1v) is 13.5. The van der Waals surface area contributed by atoms with E-state index < -0.39 is 0 Å². The third-order valence-corrected chi connectivity index (χ3v) is 7.37. The van der Waals surface area contributed by atoms with Crippen LogP contribution in [0.2, 0.25) is 10.0 Å². The minimum atomic E-state index is -0.369. The largest absolute Gasteiger partial charge is 0.618 e. The molecule has 0 aliphatic heterocycles. The number of aryl methyl sites for hydroxylation is 1. The van der Waals surface area contributed by atoms with Crippen molar-refractivity contribution < 1.29 is 9.12 Å². The Morgan fingerprint density at radius 1 is 0.927 bits per heavy atom. The zero-order valence-electron chi connectivity index (χ0n) is 21.5. The van der Waals surface area contributed by atoms with Crippen molar-refractivity contribution in [2.75, 3.05) is 0 Å². The predicted octanol–water partition coefficient (Wildman–Crippen LogP) is 6.56. The van der Waals surface area contributed by atoms with Crippen LogP contribution in [0.1, 0.15) is 29.4 Å². The van der Waals surface area contributed by atoms with Crippen LogP contribution >= 0.6 is 23.2 Å². The van der Waals surface area contributed by atoms with Gasteiger partial charge in [0.05, 0.1) is 17.6 Å². The molecule has 0 fully saturated rings. The topological polar surface area (TPSA) is 99.2 Å². The van der Waals surface area contributed by atoms with Crippen LogP contribution in [-0.4, -0.2) is 30.2 Å². The fourth-order valence-corrected chi connectivity index (χ4v) is 5.11. The third kappa shape index (κ3) is 5.82. The Balaban J connectivity index is 1.37. The second-order valence-corrected chi connectivity index (χ2v) is 10.4. The van der Waals surface area contributed by atoms with E-state index in [1.165, 1.54) is 29.3 Å². The van der Waals surface area contributed by atoms with Gasteiger partial charge in [0, 0.05) is 27.2 Å². The summed E-state index contributed by atoms with van der Waals surface area (Å²) in [4.78, 5) is 8.05. The predicted molar refractivity (Wildman–Crippen MR) is 154 cm³/mol. The Kier molecular flexibility index (Phi) is 7.45. The highest BCUT2D eigenvalue weighted by atomic mass is 35.5. The minimum absolute atomic E-state index is 0.293. The van der Waals surface area contributed by atoms with E-state index in [-0.39, 0.29) is 11.7 Å². The van der Waals surface area contributed by atoms with Crippen LogP contribution in [0.5, 0.6) is 0 Å². The average molecular weight is 586 g/mol. The number of nitrogens with one attached hydrogen (secondary N) is 1. The molecule has 8 nitrogen and oxygen atoms in total. The molecule has 3 aromatic carbocycles. The zero-order valence-corrected chi connectivity index (χ0v) is 23.0. The van der Waals surface area contributed by atoms with Gasteiger partial charge in [-0.3, -0.25) is 0 Å². The SMILES string of the molecule is [O-][n+]1cc(-c2cc(Cl)ccc2-n2cnnn2)ccc1[C@@H](CCc1ccc(F)cc1)c1ncc(-c2ccc(Cl)cc2)[nH]1. The summed E-state index contributed by atoms with van der Waals surface area (Å²) < 4.78 is 15.9. The van der Waals surface area contributed by atoms with Crippen LogP contribution in [0, 0.1) is 11.0 Å². The van der Waals surface area contributed by atoms with Gasteiger partial charge in [0.2, 0.25) is 5.69 Å². The van der Waals surface area contributed by atoms with Gasteiger partial charge in [-0.25, -0.2) is 9.37 Å². The molecule has 0 spiro atoms. The molecule has 0 radical (unpaired) electrons. The second-order valence-electron chi connectivity index (χ2n) is 9.49. The summed E-state index contributed by atoms with van der Waals surface area (Å²) in [6.45, 7) is 0. The number of halogens is 3. The first kappa shape index (κ1) is 26.6. The lowest BCUT2D eigenvalue weighted by molar-refractivity contribution is -0.614.